The summed E-state index contributed by atoms with van der Waals surface area (Å²) in [6.07, 6.45) is 10.1. The lowest BCUT2D eigenvalue weighted by atomic mass is 10.1. The summed E-state index contributed by atoms with van der Waals surface area (Å²) in [5.74, 6) is 2.26. The van der Waals surface area contributed by atoms with Gasteiger partial charge in [-0.25, -0.2) is 9.78 Å². The molecule has 0 aliphatic carbocycles. The number of aromatic nitrogens is 3. The van der Waals surface area contributed by atoms with E-state index in [9.17, 15) is 4.79 Å². The fraction of sp³-hybridized carbons (Fsp3) is 0.810. The van der Waals surface area contributed by atoms with Crippen molar-refractivity contribution in [3.63, 3.8) is 0 Å². The number of hydrogen-bond acceptors (Lipinski definition) is 7. The molecule has 0 spiro atoms. The van der Waals surface area contributed by atoms with Crippen LogP contribution in [0, 0.1) is 6.92 Å². The number of anilines is 1. The molecule has 0 aromatic carbocycles. The summed E-state index contributed by atoms with van der Waals surface area (Å²) < 4.78 is 5.20. The van der Waals surface area contributed by atoms with Gasteiger partial charge in [0.05, 0.1) is 0 Å². The number of alkyl carbamates (subject to hydrolysis) is 1. The smallest absolute Gasteiger partial charge is 0.407 e. The number of aryl methyl sites for hydroxylation is 1. The van der Waals surface area contributed by atoms with E-state index in [0.717, 1.165) is 10.9 Å². The topological polar surface area (TPSA) is 89.0 Å². The lowest BCUT2D eigenvalue weighted by Gasteiger charge is -2.19. The first kappa shape index (κ1) is 25.5. The molecule has 1 aromatic rings. The third-order valence-electron chi connectivity index (χ3n) is 4.03. The largest absolute Gasteiger partial charge is 0.444 e. The molecule has 0 atom stereocenters. The Kier molecular flexibility index (Phi) is 12.7. The predicted octanol–water partition coefficient (Wildman–Crippen LogP) is 5.35. The Morgan fingerprint density at radius 2 is 1.62 bits per heavy atom. The maximum atomic E-state index is 11.6. The summed E-state index contributed by atoms with van der Waals surface area (Å²) in [7, 11) is 0. The summed E-state index contributed by atoms with van der Waals surface area (Å²) in [5, 5.41) is 6.59. The second-order valence-corrected chi connectivity index (χ2v) is 9.23. The average molecular weight is 426 g/mol. The van der Waals surface area contributed by atoms with Crippen LogP contribution in [-0.2, 0) is 4.74 Å². The summed E-state index contributed by atoms with van der Waals surface area (Å²) in [6, 6.07) is 0. The maximum absolute atomic E-state index is 11.6. The quantitative estimate of drug-likeness (QED) is 0.307. The van der Waals surface area contributed by atoms with Crippen LogP contribution in [0.15, 0.2) is 5.16 Å². The van der Waals surface area contributed by atoms with Gasteiger partial charge in [0.25, 0.3) is 0 Å². The number of nitrogens with zero attached hydrogens (tertiary/aromatic N) is 3. The molecule has 0 saturated heterocycles. The minimum Gasteiger partial charge on any atom is -0.444 e. The Hall–Kier alpha value is -1.57. The van der Waals surface area contributed by atoms with Gasteiger partial charge in [-0.15, -0.1) is 0 Å². The van der Waals surface area contributed by atoms with E-state index in [1.807, 2.05) is 27.7 Å². The van der Waals surface area contributed by atoms with E-state index in [1.165, 1.54) is 51.4 Å². The molecule has 8 heteroatoms. The van der Waals surface area contributed by atoms with E-state index in [4.69, 9.17) is 4.74 Å². The van der Waals surface area contributed by atoms with Crippen LogP contribution in [0.5, 0.6) is 0 Å². The van der Waals surface area contributed by atoms with Crippen LogP contribution >= 0.6 is 11.8 Å². The van der Waals surface area contributed by atoms with Crippen LogP contribution in [0.4, 0.5) is 10.7 Å². The predicted molar refractivity (Wildman–Crippen MR) is 121 cm³/mol. The van der Waals surface area contributed by atoms with E-state index in [2.05, 4.69) is 32.5 Å². The highest BCUT2D eigenvalue weighted by Gasteiger charge is 2.15. The van der Waals surface area contributed by atoms with Crippen LogP contribution in [0.1, 0.15) is 84.9 Å². The molecule has 0 aliphatic heterocycles. The molecule has 7 nitrogen and oxygen atoms in total. The summed E-state index contributed by atoms with van der Waals surface area (Å²) in [4.78, 5) is 24.8. The third-order valence-corrected chi connectivity index (χ3v) is 4.97. The lowest BCUT2D eigenvalue weighted by Crippen LogP contribution is -2.35. The van der Waals surface area contributed by atoms with Gasteiger partial charge in [-0.3, -0.25) is 0 Å². The molecule has 2 N–H and O–H groups in total. The Labute approximate surface area is 180 Å². The lowest BCUT2D eigenvalue weighted by molar-refractivity contribution is 0.0530. The molecule has 0 bridgehead atoms. The van der Waals surface area contributed by atoms with Crippen LogP contribution in [0.3, 0.4) is 0 Å². The van der Waals surface area contributed by atoms with Gasteiger partial charge in [-0.1, -0.05) is 63.6 Å². The molecule has 0 radical (unpaired) electrons. The normalized spacial score (nSPS) is 11.3. The van der Waals surface area contributed by atoms with Crippen LogP contribution in [0.2, 0.25) is 0 Å². The molecule has 0 saturated carbocycles. The Balaban J connectivity index is 2.22. The minimum atomic E-state index is -0.496. The second kappa shape index (κ2) is 14.4. The molecule has 1 amide bonds. The van der Waals surface area contributed by atoms with Crippen molar-refractivity contribution in [3.8, 4) is 0 Å². The Morgan fingerprint density at radius 3 is 2.28 bits per heavy atom. The third kappa shape index (κ3) is 14.1. The van der Waals surface area contributed by atoms with Crippen molar-refractivity contribution in [2.24, 2.45) is 0 Å². The fourth-order valence-electron chi connectivity index (χ4n) is 2.65. The van der Waals surface area contributed by atoms with E-state index in [-0.39, 0.29) is 0 Å². The summed E-state index contributed by atoms with van der Waals surface area (Å²) in [6.45, 7) is 10.6. The monoisotopic (exact) mass is 425 g/mol. The fourth-order valence-corrected chi connectivity index (χ4v) is 3.53. The molecule has 29 heavy (non-hydrogen) atoms. The SMILES string of the molecule is CCCCCCCCCCSc1nc(C)nc(NCCNC(=O)OC(C)(C)C)n1. The second-order valence-electron chi connectivity index (χ2n) is 8.17. The van der Waals surface area contributed by atoms with Crippen molar-refractivity contribution in [1.29, 1.82) is 0 Å². The van der Waals surface area contributed by atoms with Gasteiger partial charge in [-0.2, -0.15) is 9.97 Å². The van der Waals surface area contributed by atoms with E-state index < -0.39 is 11.7 Å². The number of thioether (sulfide) groups is 1. The number of rotatable bonds is 14. The highest BCUT2D eigenvalue weighted by Crippen LogP contribution is 2.17. The molecular formula is C21H39N5O2S. The number of unbranched alkanes of at least 4 members (excludes halogenated alkanes) is 7. The molecule has 1 rings (SSSR count). The van der Waals surface area contributed by atoms with Gasteiger partial charge in [-0.05, 0) is 34.1 Å². The van der Waals surface area contributed by atoms with E-state index in [1.54, 1.807) is 11.8 Å². The van der Waals surface area contributed by atoms with E-state index in [0.29, 0.717) is 24.9 Å². The molecule has 1 aromatic heterocycles. The zero-order valence-electron chi connectivity index (χ0n) is 18.8. The first-order valence-electron chi connectivity index (χ1n) is 10.9. The molecule has 166 valence electrons. The van der Waals surface area contributed by atoms with Gasteiger partial charge < -0.3 is 15.4 Å². The van der Waals surface area contributed by atoms with Gasteiger partial charge in [0, 0.05) is 18.8 Å². The number of carbonyl (C=O) groups excluding carboxylic acids is 1. The first-order chi connectivity index (χ1) is 13.8. The number of ether oxygens (including phenoxy) is 1. The van der Waals surface area contributed by atoms with Crippen molar-refractivity contribution in [3.05, 3.63) is 5.82 Å². The zero-order valence-corrected chi connectivity index (χ0v) is 19.7. The van der Waals surface area contributed by atoms with Crippen LogP contribution < -0.4 is 10.6 Å². The van der Waals surface area contributed by atoms with Crippen molar-refractivity contribution in [2.45, 2.75) is 96.7 Å². The van der Waals surface area contributed by atoms with Crippen molar-refractivity contribution in [2.75, 3.05) is 24.2 Å². The first-order valence-corrected chi connectivity index (χ1v) is 11.8. The summed E-state index contributed by atoms with van der Waals surface area (Å²) >= 11 is 1.68. The highest BCUT2D eigenvalue weighted by molar-refractivity contribution is 7.99. The standard InChI is InChI=1S/C21H39N5O2S/c1-6-7-8-9-10-11-12-13-16-29-19-25-17(2)24-18(26-19)22-14-15-23-20(27)28-21(3,4)5/h6-16H2,1-5H3,(H,23,27)(H,22,24,25,26). The molecule has 0 fully saturated rings. The maximum Gasteiger partial charge on any atom is 0.407 e. The number of amides is 1. The summed E-state index contributed by atoms with van der Waals surface area (Å²) in [5.41, 5.74) is -0.496. The molecule has 0 unspecified atom stereocenters. The van der Waals surface area contributed by atoms with Crippen LogP contribution in [-0.4, -0.2) is 45.5 Å². The zero-order chi connectivity index (χ0) is 21.5. The van der Waals surface area contributed by atoms with Crippen molar-refractivity contribution in [1.82, 2.24) is 20.3 Å². The van der Waals surface area contributed by atoms with Gasteiger partial charge >= 0.3 is 6.09 Å². The van der Waals surface area contributed by atoms with Crippen molar-refractivity contribution < 1.29 is 9.53 Å². The van der Waals surface area contributed by atoms with E-state index >= 15 is 0 Å². The Morgan fingerprint density at radius 1 is 0.966 bits per heavy atom. The molecular weight excluding hydrogens is 386 g/mol. The van der Waals surface area contributed by atoms with Crippen molar-refractivity contribution >= 4 is 23.8 Å². The van der Waals surface area contributed by atoms with Gasteiger partial charge in [0.15, 0.2) is 5.16 Å². The number of carbonyl (C=O) groups is 1. The molecule has 0 aliphatic rings. The Bertz CT molecular complexity index is 593. The number of nitrogens with one attached hydrogen (secondary N) is 2. The minimum absolute atomic E-state index is 0.423. The molecule has 1 heterocycles. The average Bonchev–Trinajstić information content (AvgIpc) is 2.62. The number of hydrogen-bond donors (Lipinski definition) is 2. The van der Waals surface area contributed by atoms with Crippen LogP contribution in [0.25, 0.3) is 0 Å². The van der Waals surface area contributed by atoms with Gasteiger partial charge in [0.2, 0.25) is 5.95 Å². The van der Waals surface area contributed by atoms with Gasteiger partial charge in [0.1, 0.15) is 11.4 Å². The highest BCUT2D eigenvalue weighted by atomic mass is 32.2.